The van der Waals surface area contributed by atoms with Crippen LogP contribution in [-0.4, -0.2) is 36.4 Å². The van der Waals surface area contributed by atoms with Crippen LogP contribution in [0.4, 0.5) is 0 Å². The SMILES string of the molecule is CCC[C@H](OC(C)=O)[C@H](C)[C@H](CC/C=C(/C)C(=O)OCC)OC(C)(C)C. The van der Waals surface area contributed by atoms with E-state index in [4.69, 9.17) is 14.2 Å². The van der Waals surface area contributed by atoms with Crippen molar-refractivity contribution in [2.24, 2.45) is 5.92 Å². The minimum absolute atomic E-state index is 0.0642. The second-order valence-corrected chi connectivity index (χ2v) is 7.75. The van der Waals surface area contributed by atoms with E-state index in [1.54, 1.807) is 13.8 Å². The zero-order chi connectivity index (χ0) is 20.3. The molecule has 0 N–H and O–H groups in total. The van der Waals surface area contributed by atoms with Gasteiger partial charge in [-0.2, -0.15) is 0 Å². The van der Waals surface area contributed by atoms with Crippen molar-refractivity contribution >= 4 is 11.9 Å². The smallest absolute Gasteiger partial charge is 0.333 e. The third kappa shape index (κ3) is 10.6. The van der Waals surface area contributed by atoms with E-state index in [0.29, 0.717) is 18.6 Å². The third-order valence-electron chi connectivity index (χ3n) is 4.07. The van der Waals surface area contributed by atoms with E-state index in [2.05, 4.69) is 13.8 Å². The lowest BCUT2D eigenvalue weighted by Gasteiger charge is -2.35. The van der Waals surface area contributed by atoms with Gasteiger partial charge in [-0.1, -0.05) is 26.3 Å². The fraction of sp³-hybridized carbons (Fsp3) is 0.810. The molecule has 0 aliphatic heterocycles. The molecule has 0 fully saturated rings. The molecular weight excluding hydrogens is 332 g/mol. The summed E-state index contributed by atoms with van der Waals surface area (Å²) in [5, 5.41) is 0. The largest absolute Gasteiger partial charge is 0.463 e. The number of esters is 2. The summed E-state index contributed by atoms with van der Waals surface area (Å²) in [5.74, 6) is -0.477. The van der Waals surface area contributed by atoms with Crippen molar-refractivity contribution in [2.45, 2.75) is 98.9 Å². The molecule has 0 amide bonds. The lowest BCUT2D eigenvalue weighted by Crippen LogP contribution is -2.39. The zero-order valence-corrected chi connectivity index (χ0v) is 17.9. The van der Waals surface area contributed by atoms with Gasteiger partial charge in [0.05, 0.1) is 18.3 Å². The monoisotopic (exact) mass is 370 g/mol. The molecule has 152 valence electrons. The quantitative estimate of drug-likeness (QED) is 0.385. The fourth-order valence-electron chi connectivity index (χ4n) is 2.84. The van der Waals surface area contributed by atoms with Crippen molar-refractivity contribution in [2.75, 3.05) is 6.61 Å². The number of carbonyl (C=O) groups excluding carboxylic acids is 2. The topological polar surface area (TPSA) is 61.8 Å². The maximum Gasteiger partial charge on any atom is 0.333 e. The van der Waals surface area contributed by atoms with E-state index in [1.807, 2.05) is 26.8 Å². The van der Waals surface area contributed by atoms with Crippen molar-refractivity contribution < 1.29 is 23.8 Å². The highest BCUT2D eigenvalue weighted by Crippen LogP contribution is 2.27. The van der Waals surface area contributed by atoms with Crippen LogP contribution in [0.3, 0.4) is 0 Å². The molecule has 3 atom stereocenters. The summed E-state index contributed by atoms with van der Waals surface area (Å²) >= 11 is 0. The maximum absolute atomic E-state index is 11.7. The molecule has 0 saturated heterocycles. The van der Waals surface area contributed by atoms with Crippen molar-refractivity contribution in [1.29, 1.82) is 0 Å². The second kappa shape index (κ2) is 12.1. The molecule has 0 aromatic heterocycles. The summed E-state index contributed by atoms with van der Waals surface area (Å²) in [6, 6.07) is 0. The van der Waals surface area contributed by atoms with Gasteiger partial charge in [-0.3, -0.25) is 4.79 Å². The fourth-order valence-corrected chi connectivity index (χ4v) is 2.84. The van der Waals surface area contributed by atoms with Crippen LogP contribution in [0.2, 0.25) is 0 Å². The molecule has 0 aliphatic carbocycles. The average Bonchev–Trinajstić information content (AvgIpc) is 2.51. The Morgan fingerprint density at radius 1 is 1.04 bits per heavy atom. The molecule has 0 radical (unpaired) electrons. The molecule has 0 bridgehead atoms. The molecule has 0 aliphatic rings. The molecule has 26 heavy (non-hydrogen) atoms. The predicted octanol–water partition coefficient (Wildman–Crippen LogP) is 4.83. The highest BCUT2D eigenvalue weighted by atomic mass is 16.5. The zero-order valence-electron chi connectivity index (χ0n) is 17.9. The summed E-state index contributed by atoms with van der Waals surface area (Å²) < 4.78 is 16.8. The van der Waals surface area contributed by atoms with Crippen molar-refractivity contribution in [1.82, 2.24) is 0 Å². The Morgan fingerprint density at radius 2 is 1.65 bits per heavy atom. The predicted molar refractivity (Wildman–Crippen MR) is 104 cm³/mol. The summed E-state index contributed by atoms with van der Waals surface area (Å²) in [7, 11) is 0. The minimum atomic E-state index is -0.300. The van der Waals surface area contributed by atoms with Crippen LogP contribution < -0.4 is 0 Å². The maximum atomic E-state index is 11.7. The van der Waals surface area contributed by atoms with Gasteiger partial charge in [0, 0.05) is 18.4 Å². The lowest BCUT2D eigenvalue weighted by atomic mass is 9.91. The lowest BCUT2D eigenvalue weighted by molar-refractivity contribution is -0.157. The van der Waals surface area contributed by atoms with E-state index in [0.717, 1.165) is 19.3 Å². The molecular formula is C21H38O5. The molecule has 0 rings (SSSR count). The van der Waals surface area contributed by atoms with Crippen LogP contribution in [-0.2, 0) is 23.8 Å². The Labute approximate surface area is 159 Å². The molecule has 0 unspecified atom stereocenters. The number of hydrogen-bond donors (Lipinski definition) is 0. The van der Waals surface area contributed by atoms with Gasteiger partial charge >= 0.3 is 11.9 Å². The number of allylic oxidation sites excluding steroid dienone is 1. The Balaban J connectivity index is 5.11. The van der Waals surface area contributed by atoms with Crippen LogP contribution in [0.25, 0.3) is 0 Å². The summed E-state index contributed by atoms with van der Waals surface area (Å²) in [6.45, 7) is 15.6. The first-order valence-electron chi connectivity index (χ1n) is 9.70. The number of carbonyl (C=O) groups is 2. The van der Waals surface area contributed by atoms with Crippen LogP contribution in [0.1, 0.15) is 81.1 Å². The molecule has 0 aromatic carbocycles. The standard InChI is InChI=1S/C21H38O5/c1-9-12-18(25-17(5)22)16(4)19(26-21(6,7)8)14-11-13-15(3)20(23)24-10-2/h13,16,18-19H,9-12,14H2,1-8H3/b15-13-/t16-,18-,19-/m0/s1. The molecule has 5 heteroatoms. The Bertz CT molecular complexity index is 462. The second-order valence-electron chi connectivity index (χ2n) is 7.75. The number of ether oxygens (including phenoxy) is 3. The number of rotatable bonds is 11. The van der Waals surface area contributed by atoms with E-state index in [9.17, 15) is 9.59 Å². The van der Waals surface area contributed by atoms with Crippen LogP contribution >= 0.6 is 0 Å². The van der Waals surface area contributed by atoms with Gasteiger partial charge in [0.2, 0.25) is 0 Å². The molecule has 0 saturated carbocycles. The summed E-state index contributed by atoms with van der Waals surface area (Å²) in [5.41, 5.74) is 0.310. The minimum Gasteiger partial charge on any atom is -0.463 e. The Hall–Kier alpha value is -1.36. The first-order valence-corrected chi connectivity index (χ1v) is 9.70. The first-order chi connectivity index (χ1) is 12.0. The Kier molecular flexibility index (Phi) is 11.5. The van der Waals surface area contributed by atoms with E-state index >= 15 is 0 Å². The summed E-state index contributed by atoms with van der Waals surface area (Å²) in [4.78, 5) is 23.2. The van der Waals surface area contributed by atoms with Gasteiger partial charge < -0.3 is 14.2 Å². The van der Waals surface area contributed by atoms with Gasteiger partial charge in [-0.05, 0) is 53.9 Å². The van der Waals surface area contributed by atoms with Gasteiger partial charge in [-0.15, -0.1) is 0 Å². The van der Waals surface area contributed by atoms with Gasteiger partial charge in [0.1, 0.15) is 6.10 Å². The van der Waals surface area contributed by atoms with Crippen molar-refractivity contribution in [3.8, 4) is 0 Å². The molecule has 0 spiro atoms. The van der Waals surface area contributed by atoms with Crippen LogP contribution in [0, 0.1) is 5.92 Å². The van der Waals surface area contributed by atoms with Gasteiger partial charge in [0.15, 0.2) is 0 Å². The molecule has 5 nitrogen and oxygen atoms in total. The van der Waals surface area contributed by atoms with E-state index in [-0.39, 0.29) is 35.7 Å². The van der Waals surface area contributed by atoms with Crippen molar-refractivity contribution in [3.05, 3.63) is 11.6 Å². The molecule has 0 heterocycles. The van der Waals surface area contributed by atoms with E-state index < -0.39 is 0 Å². The summed E-state index contributed by atoms with van der Waals surface area (Å²) in [6.07, 6.45) is 4.85. The normalized spacial score (nSPS) is 15.9. The van der Waals surface area contributed by atoms with Gasteiger partial charge in [0.25, 0.3) is 0 Å². The number of hydrogen-bond acceptors (Lipinski definition) is 5. The third-order valence-corrected chi connectivity index (χ3v) is 4.07. The van der Waals surface area contributed by atoms with Gasteiger partial charge in [-0.25, -0.2) is 4.79 Å². The van der Waals surface area contributed by atoms with E-state index in [1.165, 1.54) is 6.92 Å². The Morgan fingerprint density at radius 3 is 2.12 bits per heavy atom. The first kappa shape index (κ1) is 24.6. The highest BCUT2D eigenvalue weighted by Gasteiger charge is 2.30. The molecule has 0 aromatic rings. The van der Waals surface area contributed by atoms with Crippen molar-refractivity contribution in [3.63, 3.8) is 0 Å². The van der Waals surface area contributed by atoms with Crippen LogP contribution in [0.15, 0.2) is 11.6 Å². The average molecular weight is 371 g/mol. The van der Waals surface area contributed by atoms with Crippen LogP contribution in [0.5, 0.6) is 0 Å². The highest BCUT2D eigenvalue weighted by molar-refractivity contribution is 5.87.